The molecule has 0 heterocycles. The summed E-state index contributed by atoms with van der Waals surface area (Å²) < 4.78 is 0. The molecular formula is C10H25Cl2N3O. The van der Waals surface area contributed by atoms with Crippen LogP contribution in [0.25, 0.3) is 0 Å². The molecular weight excluding hydrogens is 249 g/mol. The summed E-state index contributed by atoms with van der Waals surface area (Å²) in [6.45, 7) is 8.82. The van der Waals surface area contributed by atoms with E-state index in [4.69, 9.17) is 5.73 Å². The van der Waals surface area contributed by atoms with Crippen molar-refractivity contribution in [1.29, 1.82) is 0 Å². The van der Waals surface area contributed by atoms with Crippen LogP contribution in [0.5, 0.6) is 0 Å². The molecule has 4 nitrogen and oxygen atoms in total. The van der Waals surface area contributed by atoms with E-state index >= 15 is 0 Å². The van der Waals surface area contributed by atoms with E-state index in [0.29, 0.717) is 19.1 Å². The number of carbonyl (C=O) groups excluding carboxylic acids is 1. The lowest BCUT2D eigenvalue weighted by Gasteiger charge is -2.23. The Morgan fingerprint density at radius 1 is 1.38 bits per heavy atom. The maximum Gasteiger partial charge on any atom is 0.234 e. The molecule has 0 unspecified atom stereocenters. The van der Waals surface area contributed by atoms with Crippen molar-refractivity contribution in [3.8, 4) is 0 Å². The molecule has 0 radical (unpaired) electrons. The number of carbonyl (C=O) groups is 1. The van der Waals surface area contributed by atoms with E-state index in [1.165, 1.54) is 0 Å². The van der Waals surface area contributed by atoms with E-state index in [1.54, 1.807) is 0 Å². The Balaban J connectivity index is -0.000000845. The minimum atomic E-state index is -0.341. The molecule has 0 aromatic carbocycles. The Morgan fingerprint density at radius 3 is 2.12 bits per heavy atom. The smallest absolute Gasteiger partial charge is 0.234 e. The number of amides is 1. The zero-order valence-electron chi connectivity index (χ0n) is 10.7. The van der Waals surface area contributed by atoms with Crippen LogP contribution in [0, 0.1) is 0 Å². The average molecular weight is 274 g/mol. The second kappa shape index (κ2) is 9.05. The van der Waals surface area contributed by atoms with Gasteiger partial charge in [-0.1, -0.05) is 0 Å². The maximum atomic E-state index is 11.4. The molecule has 100 valence electrons. The van der Waals surface area contributed by atoms with E-state index < -0.39 is 0 Å². The molecule has 0 aliphatic heterocycles. The van der Waals surface area contributed by atoms with Gasteiger partial charge < -0.3 is 11.1 Å². The fraction of sp³-hybridized carbons (Fsp3) is 0.900. The number of nitrogens with zero attached hydrogens (tertiary/aromatic N) is 1. The standard InChI is InChI=1S/C10H23N3O.2ClH/c1-8(2)13(5)6-9(14)12-7-10(3,4)11;;/h8H,6-7,11H2,1-5H3,(H,12,14);2*1H. The van der Waals surface area contributed by atoms with Gasteiger partial charge in [0, 0.05) is 18.1 Å². The first kappa shape index (κ1) is 21.3. The molecule has 1 amide bonds. The van der Waals surface area contributed by atoms with Crippen molar-refractivity contribution in [2.45, 2.75) is 39.3 Å². The molecule has 0 spiro atoms. The first-order valence-electron chi connectivity index (χ1n) is 4.98. The van der Waals surface area contributed by atoms with Crippen LogP contribution in [0.1, 0.15) is 27.7 Å². The number of nitrogens with two attached hydrogens (primary N) is 1. The van der Waals surface area contributed by atoms with Crippen LogP contribution in [0.2, 0.25) is 0 Å². The van der Waals surface area contributed by atoms with Gasteiger partial charge >= 0.3 is 0 Å². The number of nitrogens with one attached hydrogen (secondary N) is 1. The van der Waals surface area contributed by atoms with Gasteiger partial charge in [-0.25, -0.2) is 0 Å². The van der Waals surface area contributed by atoms with Crippen LogP contribution < -0.4 is 11.1 Å². The SMILES string of the molecule is CC(C)N(C)CC(=O)NCC(C)(C)N.Cl.Cl. The van der Waals surface area contributed by atoms with Gasteiger partial charge in [0.05, 0.1) is 6.54 Å². The van der Waals surface area contributed by atoms with Crippen LogP contribution in [0.15, 0.2) is 0 Å². The molecule has 0 saturated heterocycles. The fourth-order valence-electron chi connectivity index (χ4n) is 0.791. The Morgan fingerprint density at radius 2 is 1.81 bits per heavy atom. The van der Waals surface area contributed by atoms with E-state index in [9.17, 15) is 4.79 Å². The Hall–Kier alpha value is -0.0300. The van der Waals surface area contributed by atoms with E-state index in [-0.39, 0.29) is 36.3 Å². The van der Waals surface area contributed by atoms with Gasteiger partial charge in [-0.15, -0.1) is 24.8 Å². The molecule has 6 heteroatoms. The van der Waals surface area contributed by atoms with Crippen LogP contribution in [0.4, 0.5) is 0 Å². The lowest BCUT2D eigenvalue weighted by Crippen LogP contribution is -2.47. The largest absolute Gasteiger partial charge is 0.353 e. The number of hydrogen-bond acceptors (Lipinski definition) is 3. The average Bonchev–Trinajstić information content (AvgIpc) is 1.99. The van der Waals surface area contributed by atoms with Crippen molar-refractivity contribution in [2.24, 2.45) is 5.73 Å². The molecule has 0 bridgehead atoms. The summed E-state index contributed by atoms with van der Waals surface area (Å²) in [6, 6.07) is 0.381. The van der Waals surface area contributed by atoms with E-state index in [1.807, 2.05) is 25.8 Å². The Kier molecular flexibility index (Phi) is 12.0. The van der Waals surface area contributed by atoms with Gasteiger partial charge in [0.1, 0.15) is 0 Å². The van der Waals surface area contributed by atoms with Gasteiger partial charge in [-0.05, 0) is 34.7 Å². The molecule has 0 fully saturated rings. The molecule has 16 heavy (non-hydrogen) atoms. The first-order valence-corrected chi connectivity index (χ1v) is 4.98. The summed E-state index contributed by atoms with van der Waals surface area (Å²) in [7, 11) is 1.93. The highest BCUT2D eigenvalue weighted by molar-refractivity contribution is 5.85. The highest BCUT2D eigenvalue weighted by Crippen LogP contribution is 1.94. The van der Waals surface area contributed by atoms with Crippen molar-refractivity contribution in [2.75, 3.05) is 20.1 Å². The van der Waals surface area contributed by atoms with Crippen LogP contribution >= 0.6 is 24.8 Å². The third kappa shape index (κ3) is 12.0. The Bertz CT molecular complexity index is 193. The highest BCUT2D eigenvalue weighted by Gasteiger charge is 2.13. The van der Waals surface area contributed by atoms with Gasteiger partial charge in [-0.2, -0.15) is 0 Å². The predicted molar refractivity (Wildman–Crippen MR) is 73.5 cm³/mol. The van der Waals surface area contributed by atoms with Crippen molar-refractivity contribution in [3.05, 3.63) is 0 Å². The van der Waals surface area contributed by atoms with Crippen LogP contribution in [-0.4, -0.2) is 42.5 Å². The predicted octanol–water partition coefficient (Wildman–Crippen LogP) is 1.02. The maximum absolute atomic E-state index is 11.4. The molecule has 0 aliphatic rings. The van der Waals surface area contributed by atoms with Crippen LogP contribution in [0.3, 0.4) is 0 Å². The fourth-order valence-corrected chi connectivity index (χ4v) is 0.791. The summed E-state index contributed by atoms with van der Waals surface area (Å²) in [4.78, 5) is 13.4. The Labute approximate surface area is 111 Å². The quantitative estimate of drug-likeness (QED) is 0.787. The van der Waals surface area contributed by atoms with Crippen molar-refractivity contribution in [3.63, 3.8) is 0 Å². The normalized spacial score (nSPS) is 10.8. The van der Waals surface area contributed by atoms with Gasteiger partial charge in [0.15, 0.2) is 0 Å². The number of likely N-dealkylation sites (N-methyl/N-ethyl adjacent to an activating group) is 1. The summed E-state index contributed by atoms with van der Waals surface area (Å²) >= 11 is 0. The molecule has 0 aliphatic carbocycles. The van der Waals surface area contributed by atoms with Crippen molar-refractivity contribution >= 4 is 30.7 Å². The van der Waals surface area contributed by atoms with Gasteiger partial charge in [0.2, 0.25) is 5.91 Å². The number of rotatable bonds is 5. The van der Waals surface area contributed by atoms with Crippen molar-refractivity contribution < 1.29 is 4.79 Å². The topological polar surface area (TPSA) is 58.4 Å². The van der Waals surface area contributed by atoms with Crippen LogP contribution in [-0.2, 0) is 4.79 Å². The molecule has 0 rings (SSSR count). The molecule has 0 aromatic rings. The molecule has 0 aromatic heterocycles. The summed E-state index contributed by atoms with van der Waals surface area (Å²) in [6.07, 6.45) is 0. The lowest BCUT2D eigenvalue weighted by atomic mass is 10.1. The third-order valence-corrected chi connectivity index (χ3v) is 2.02. The first-order chi connectivity index (χ1) is 6.22. The van der Waals surface area contributed by atoms with E-state index in [0.717, 1.165) is 0 Å². The number of hydrogen-bond donors (Lipinski definition) is 2. The minimum absolute atomic E-state index is 0. The zero-order valence-corrected chi connectivity index (χ0v) is 12.4. The van der Waals surface area contributed by atoms with Gasteiger partial charge in [-0.3, -0.25) is 9.69 Å². The zero-order chi connectivity index (χ0) is 11.4. The van der Waals surface area contributed by atoms with Crippen molar-refractivity contribution in [1.82, 2.24) is 10.2 Å². The number of halogens is 2. The molecule has 0 saturated carbocycles. The monoisotopic (exact) mass is 273 g/mol. The third-order valence-electron chi connectivity index (χ3n) is 2.02. The highest BCUT2D eigenvalue weighted by atomic mass is 35.5. The molecule has 0 atom stereocenters. The van der Waals surface area contributed by atoms with Gasteiger partial charge in [0.25, 0.3) is 0 Å². The summed E-state index contributed by atoms with van der Waals surface area (Å²) in [5.74, 6) is 0.0275. The lowest BCUT2D eigenvalue weighted by molar-refractivity contribution is -0.122. The second-order valence-electron chi connectivity index (χ2n) is 4.77. The minimum Gasteiger partial charge on any atom is -0.353 e. The van der Waals surface area contributed by atoms with E-state index in [2.05, 4.69) is 19.2 Å². The summed E-state index contributed by atoms with van der Waals surface area (Å²) in [5, 5.41) is 2.80. The summed E-state index contributed by atoms with van der Waals surface area (Å²) in [5.41, 5.74) is 5.40. The molecule has 3 N–H and O–H groups in total. The second-order valence-corrected chi connectivity index (χ2v) is 4.77.